The van der Waals surface area contributed by atoms with Crippen LogP contribution < -0.4 is 5.32 Å². The fourth-order valence-corrected chi connectivity index (χ4v) is 2.56. The van der Waals surface area contributed by atoms with Crippen molar-refractivity contribution in [2.75, 3.05) is 20.3 Å². The minimum absolute atomic E-state index is 0.704. The van der Waals surface area contributed by atoms with Crippen LogP contribution in [0.25, 0.3) is 5.69 Å². The molecule has 1 N–H and O–H groups in total. The molecular weight excluding hydrogens is 262 g/mol. The van der Waals surface area contributed by atoms with Crippen LogP contribution in [0.2, 0.25) is 0 Å². The Balaban J connectivity index is 1.68. The number of aromatic nitrogens is 2. The molecule has 0 saturated heterocycles. The van der Waals surface area contributed by atoms with Crippen LogP contribution in [0.5, 0.6) is 0 Å². The van der Waals surface area contributed by atoms with Crippen LogP contribution in [-0.2, 0) is 11.3 Å². The number of benzene rings is 1. The molecule has 1 fully saturated rings. The number of rotatable bonds is 7. The molecule has 0 atom stereocenters. The summed E-state index contributed by atoms with van der Waals surface area (Å²) < 4.78 is 7.04. The molecule has 1 aromatic carbocycles. The molecule has 4 nitrogen and oxygen atoms in total. The van der Waals surface area contributed by atoms with Gasteiger partial charge in [0.25, 0.3) is 0 Å². The fourth-order valence-electron chi connectivity index (χ4n) is 2.56. The Bertz CT molecular complexity index is 602. The van der Waals surface area contributed by atoms with Gasteiger partial charge < -0.3 is 10.1 Å². The Labute approximate surface area is 126 Å². The van der Waals surface area contributed by atoms with Crippen molar-refractivity contribution >= 4 is 0 Å². The molecule has 0 spiro atoms. The van der Waals surface area contributed by atoms with Crippen LogP contribution in [0.15, 0.2) is 30.5 Å². The highest BCUT2D eigenvalue weighted by atomic mass is 16.5. The predicted octanol–water partition coefficient (Wildman–Crippen LogP) is 2.79. The standard InChI is InChI=1S/C17H23N3O/c1-13-11-14(12-18-8-10-21-2)3-6-17(13)20-9-7-16(19-20)15-4-5-15/h3,6-7,9,11,15,18H,4-5,8,10,12H2,1-2H3. The lowest BCUT2D eigenvalue weighted by Crippen LogP contribution is -2.18. The Kier molecular flexibility index (Phi) is 4.36. The van der Waals surface area contributed by atoms with E-state index in [9.17, 15) is 0 Å². The number of methoxy groups -OCH3 is 1. The Morgan fingerprint density at radius 2 is 2.19 bits per heavy atom. The molecule has 1 aromatic heterocycles. The monoisotopic (exact) mass is 285 g/mol. The molecule has 0 amide bonds. The average Bonchev–Trinajstić information content (AvgIpc) is 3.22. The SMILES string of the molecule is COCCNCc1ccc(-n2ccc(C3CC3)n2)c(C)c1. The van der Waals surface area contributed by atoms with Crippen LogP contribution >= 0.6 is 0 Å². The van der Waals surface area contributed by atoms with Gasteiger partial charge in [-0.05, 0) is 43.0 Å². The van der Waals surface area contributed by atoms with E-state index in [0.717, 1.165) is 19.7 Å². The van der Waals surface area contributed by atoms with Crippen LogP contribution in [-0.4, -0.2) is 30.0 Å². The second-order valence-corrected chi connectivity index (χ2v) is 5.75. The van der Waals surface area contributed by atoms with E-state index < -0.39 is 0 Å². The zero-order chi connectivity index (χ0) is 14.7. The van der Waals surface area contributed by atoms with Gasteiger partial charge in [0.2, 0.25) is 0 Å². The largest absolute Gasteiger partial charge is 0.383 e. The second-order valence-electron chi connectivity index (χ2n) is 5.75. The summed E-state index contributed by atoms with van der Waals surface area (Å²) in [6.07, 6.45) is 4.66. The molecule has 0 radical (unpaired) electrons. The summed E-state index contributed by atoms with van der Waals surface area (Å²) in [6, 6.07) is 8.71. The van der Waals surface area contributed by atoms with Gasteiger partial charge in [0.1, 0.15) is 0 Å². The topological polar surface area (TPSA) is 39.1 Å². The molecule has 1 aliphatic carbocycles. The van der Waals surface area contributed by atoms with Crippen molar-refractivity contribution in [1.82, 2.24) is 15.1 Å². The Morgan fingerprint density at radius 3 is 2.90 bits per heavy atom. The van der Waals surface area contributed by atoms with Crippen LogP contribution in [0.3, 0.4) is 0 Å². The van der Waals surface area contributed by atoms with Crippen molar-refractivity contribution in [2.24, 2.45) is 0 Å². The van der Waals surface area contributed by atoms with Gasteiger partial charge in [0, 0.05) is 32.3 Å². The molecule has 3 rings (SSSR count). The Morgan fingerprint density at radius 1 is 1.33 bits per heavy atom. The lowest BCUT2D eigenvalue weighted by Gasteiger charge is -2.09. The molecule has 0 bridgehead atoms. The summed E-state index contributed by atoms with van der Waals surface area (Å²) in [5, 5.41) is 8.07. The maximum atomic E-state index is 5.03. The normalized spacial score (nSPS) is 14.6. The molecule has 1 aliphatic rings. The number of hydrogen-bond acceptors (Lipinski definition) is 3. The van der Waals surface area contributed by atoms with Crippen molar-refractivity contribution in [3.8, 4) is 5.69 Å². The van der Waals surface area contributed by atoms with Gasteiger partial charge in [-0.1, -0.05) is 12.1 Å². The third-order valence-electron chi connectivity index (χ3n) is 3.93. The highest BCUT2D eigenvalue weighted by Crippen LogP contribution is 2.39. The van der Waals surface area contributed by atoms with E-state index in [1.165, 1.54) is 35.3 Å². The van der Waals surface area contributed by atoms with Gasteiger partial charge in [-0.15, -0.1) is 0 Å². The fraction of sp³-hybridized carbons (Fsp3) is 0.471. The first-order chi connectivity index (χ1) is 10.3. The molecule has 0 aliphatic heterocycles. The molecule has 0 unspecified atom stereocenters. The molecule has 112 valence electrons. The summed E-state index contributed by atoms with van der Waals surface area (Å²) in [5.74, 6) is 0.704. The lowest BCUT2D eigenvalue weighted by molar-refractivity contribution is 0.199. The van der Waals surface area contributed by atoms with Crippen molar-refractivity contribution in [3.05, 3.63) is 47.3 Å². The third-order valence-corrected chi connectivity index (χ3v) is 3.93. The molecule has 2 aromatic rings. The summed E-state index contributed by atoms with van der Waals surface area (Å²) in [6.45, 7) is 4.64. The first-order valence-electron chi connectivity index (χ1n) is 7.63. The first kappa shape index (κ1) is 14.3. The zero-order valence-corrected chi connectivity index (χ0v) is 12.8. The average molecular weight is 285 g/mol. The van der Waals surface area contributed by atoms with Gasteiger partial charge in [0.15, 0.2) is 0 Å². The number of nitrogens with one attached hydrogen (secondary N) is 1. The minimum atomic E-state index is 0.704. The molecule has 21 heavy (non-hydrogen) atoms. The van der Waals surface area contributed by atoms with Gasteiger partial charge in [-0.2, -0.15) is 5.10 Å². The maximum Gasteiger partial charge on any atom is 0.0675 e. The van der Waals surface area contributed by atoms with Gasteiger partial charge in [-0.3, -0.25) is 0 Å². The third kappa shape index (κ3) is 3.52. The van der Waals surface area contributed by atoms with Gasteiger partial charge in [-0.25, -0.2) is 4.68 Å². The van der Waals surface area contributed by atoms with E-state index in [4.69, 9.17) is 9.84 Å². The van der Waals surface area contributed by atoms with E-state index in [1.807, 2.05) is 4.68 Å². The highest BCUT2D eigenvalue weighted by molar-refractivity contribution is 5.42. The molecular formula is C17H23N3O. The van der Waals surface area contributed by atoms with Crippen LogP contribution in [0.1, 0.15) is 35.6 Å². The maximum absolute atomic E-state index is 5.03. The molecule has 1 heterocycles. The number of aryl methyl sites for hydroxylation is 1. The van der Waals surface area contributed by atoms with E-state index >= 15 is 0 Å². The van der Waals surface area contributed by atoms with E-state index in [-0.39, 0.29) is 0 Å². The summed E-state index contributed by atoms with van der Waals surface area (Å²) in [4.78, 5) is 0. The minimum Gasteiger partial charge on any atom is -0.383 e. The van der Waals surface area contributed by atoms with E-state index in [1.54, 1.807) is 7.11 Å². The first-order valence-corrected chi connectivity index (χ1v) is 7.63. The van der Waals surface area contributed by atoms with Crippen molar-refractivity contribution < 1.29 is 4.74 Å². The molecule has 4 heteroatoms. The lowest BCUT2D eigenvalue weighted by atomic mass is 10.1. The smallest absolute Gasteiger partial charge is 0.0675 e. The zero-order valence-electron chi connectivity index (χ0n) is 12.8. The number of hydrogen-bond donors (Lipinski definition) is 1. The summed E-state index contributed by atoms with van der Waals surface area (Å²) in [5.41, 5.74) is 4.95. The Hall–Kier alpha value is -1.65. The van der Waals surface area contributed by atoms with Crippen molar-refractivity contribution in [1.29, 1.82) is 0 Å². The van der Waals surface area contributed by atoms with Gasteiger partial charge >= 0.3 is 0 Å². The van der Waals surface area contributed by atoms with E-state index in [0.29, 0.717) is 5.92 Å². The van der Waals surface area contributed by atoms with Crippen molar-refractivity contribution in [2.45, 2.75) is 32.2 Å². The van der Waals surface area contributed by atoms with Gasteiger partial charge in [0.05, 0.1) is 18.0 Å². The van der Waals surface area contributed by atoms with Crippen LogP contribution in [0, 0.1) is 6.92 Å². The van der Waals surface area contributed by atoms with Crippen LogP contribution in [0.4, 0.5) is 0 Å². The van der Waals surface area contributed by atoms with Crippen molar-refractivity contribution in [3.63, 3.8) is 0 Å². The summed E-state index contributed by atoms with van der Waals surface area (Å²) >= 11 is 0. The number of ether oxygens (including phenoxy) is 1. The van der Waals surface area contributed by atoms with E-state index in [2.05, 4.69) is 42.7 Å². The highest BCUT2D eigenvalue weighted by Gasteiger charge is 2.25. The summed E-state index contributed by atoms with van der Waals surface area (Å²) in [7, 11) is 1.72. The predicted molar refractivity (Wildman–Crippen MR) is 83.9 cm³/mol. The molecule has 1 saturated carbocycles. The quantitative estimate of drug-likeness (QED) is 0.795. The second kappa shape index (κ2) is 6.41. The number of nitrogens with zero attached hydrogens (tertiary/aromatic N) is 2.